The number of ether oxygens (including phenoxy) is 1. The minimum atomic E-state index is -0.834. The Hall–Kier alpha value is -1.37. The van der Waals surface area contributed by atoms with Crippen molar-refractivity contribution < 1.29 is 20.1 Å². The quantitative estimate of drug-likeness (QED) is 0.615. The van der Waals surface area contributed by atoms with E-state index in [9.17, 15) is 9.90 Å². The fraction of sp³-hybridized carbons (Fsp3) is 0.500. The molecule has 2 rings (SSSR count). The van der Waals surface area contributed by atoms with Gasteiger partial charge in [0.25, 0.3) is 5.56 Å². The molecule has 6 heteroatoms. The molecule has 1 saturated heterocycles. The summed E-state index contributed by atoms with van der Waals surface area (Å²) in [4.78, 5) is 11.5. The number of hydrogen-bond donors (Lipinski definition) is 3. The van der Waals surface area contributed by atoms with Crippen molar-refractivity contribution in [2.75, 3.05) is 6.61 Å². The van der Waals surface area contributed by atoms with E-state index in [4.69, 9.17) is 14.9 Å². The van der Waals surface area contributed by atoms with Gasteiger partial charge >= 0.3 is 0 Å². The van der Waals surface area contributed by atoms with Gasteiger partial charge in [-0.1, -0.05) is 0 Å². The van der Waals surface area contributed by atoms with Crippen LogP contribution >= 0.6 is 0 Å². The Morgan fingerprint density at radius 2 is 2.31 bits per heavy atom. The maximum atomic E-state index is 11.5. The Bertz CT molecular complexity index is 429. The van der Waals surface area contributed by atoms with Gasteiger partial charge in [0.05, 0.1) is 12.7 Å². The number of aromatic hydroxyl groups is 1. The van der Waals surface area contributed by atoms with E-state index in [1.54, 1.807) is 0 Å². The molecule has 0 bridgehead atoms. The van der Waals surface area contributed by atoms with Crippen LogP contribution in [0.25, 0.3) is 0 Å². The molecular formula is C10H13NO5. The van der Waals surface area contributed by atoms with E-state index >= 15 is 0 Å². The number of hydrogen-bond acceptors (Lipinski definition) is 5. The zero-order chi connectivity index (χ0) is 11.7. The van der Waals surface area contributed by atoms with Crippen molar-refractivity contribution in [3.63, 3.8) is 0 Å². The van der Waals surface area contributed by atoms with Crippen LogP contribution in [0.15, 0.2) is 23.1 Å². The van der Waals surface area contributed by atoms with Crippen LogP contribution in [0, 0.1) is 0 Å². The molecule has 0 aromatic carbocycles. The number of aliphatic hydroxyl groups is 2. The van der Waals surface area contributed by atoms with Crippen LogP contribution in [-0.4, -0.2) is 38.7 Å². The van der Waals surface area contributed by atoms with Crippen molar-refractivity contribution in [1.82, 2.24) is 4.57 Å². The van der Waals surface area contributed by atoms with Crippen molar-refractivity contribution in [2.24, 2.45) is 0 Å². The first-order valence-electron chi connectivity index (χ1n) is 4.97. The molecule has 1 fully saturated rings. The van der Waals surface area contributed by atoms with Crippen LogP contribution in [0.3, 0.4) is 0 Å². The van der Waals surface area contributed by atoms with Gasteiger partial charge in [0.15, 0.2) is 6.23 Å². The zero-order valence-corrected chi connectivity index (χ0v) is 8.48. The summed E-state index contributed by atoms with van der Waals surface area (Å²) in [6.07, 6.45) is -0.454. The van der Waals surface area contributed by atoms with Crippen LogP contribution < -0.4 is 5.56 Å². The average molecular weight is 227 g/mol. The lowest BCUT2D eigenvalue weighted by Crippen LogP contribution is -2.29. The second kappa shape index (κ2) is 4.25. The van der Waals surface area contributed by atoms with Crippen molar-refractivity contribution in [2.45, 2.75) is 24.9 Å². The maximum Gasteiger partial charge on any atom is 0.256 e. The minimum absolute atomic E-state index is 0.132. The topological polar surface area (TPSA) is 91.9 Å². The number of rotatable bonds is 2. The van der Waals surface area contributed by atoms with E-state index in [0.717, 1.165) is 6.07 Å². The van der Waals surface area contributed by atoms with Crippen LogP contribution in [0.4, 0.5) is 0 Å². The minimum Gasteiger partial charge on any atom is -0.508 e. The Labute approximate surface area is 91.3 Å². The zero-order valence-electron chi connectivity index (χ0n) is 8.48. The van der Waals surface area contributed by atoms with Gasteiger partial charge in [-0.25, -0.2) is 0 Å². The molecule has 16 heavy (non-hydrogen) atoms. The second-order valence-electron chi connectivity index (χ2n) is 3.76. The molecule has 0 amide bonds. The molecule has 1 aromatic rings. The van der Waals surface area contributed by atoms with Crippen LogP contribution in [-0.2, 0) is 4.74 Å². The average Bonchev–Trinajstić information content (AvgIpc) is 2.60. The fourth-order valence-electron chi connectivity index (χ4n) is 1.79. The highest BCUT2D eigenvalue weighted by molar-refractivity contribution is 5.16. The molecule has 88 valence electrons. The molecule has 2 heterocycles. The molecule has 0 unspecified atom stereocenters. The maximum absolute atomic E-state index is 11.5. The predicted octanol–water partition coefficient (Wildman–Crippen LogP) is -0.805. The summed E-state index contributed by atoms with van der Waals surface area (Å²) in [7, 11) is 0. The molecule has 0 radical (unpaired) electrons. The number of pyridine rings is 1. The third-order valence-electron chi connectivity index (χ3n) is 2.57. The Balaban J connectivity index is 2.28. The summed E-state index contributed by atoms with van der Waals surface area (Å²) in [5.74, 6) is -0.132. The van der Waals surface area contributed by atoms with Crippen LogP contribution in [0.5, 0.6) is 5.75 Å². The molecule has 0 aliphatic carbocycles. The highest BCUT2D eigenvalue weighted by Gasteiger charge is 2.35. The Morgan fingerprint density at radius 1 is 1.56 bits per heavy atom. The van der Waals surface area contributed by atoms with Crippen molar-refractivity contribution >= 4 is 0 Å². The molecule has 0 spiro atoms. The van der Waals surface area contributed by atoms with E-state index in [-0.39, 0.29) is 18.8 Å². The molecule has 3 N–H and O–H groups in total. The van der Waals surface area contributed by atoms with Gasteiger partial charge in [0.1, 0.15) is 11.9 Å². The predicted molar refractivity (Wildman–Crippen MR) is 54.0 cm³/mol. The molecule has 1 aliphatic heterocycles. The summed E-state index contributed by atoms with van der Waals surface area (Å²) in [6, 6.07) is 2.38. The highest BCUT2D eigenvalue weighted by atomic mass is 16.5. The first-order chi connectivity index (χ1) is 7.61. The van der Waals surface area contributed by atoms with Gasteiger partial charge < -0.3 is 20.1 Å². The van der Waals surface area contributed by atoms with E-state index in [2.05, 4.69) is 0 Å². The highest BCUT2D eigenvalue weighted by Crippen LogP contribution is 2.27. The largest absolute Gasteiger partial charge is 0.508 e. The molecule has 0 saturated carbocycles. The molecule has 3 atom stereocenters. The first-order valence-corrected chi connectivity index (χ1v) is 4.97. The van der Waals surface area contributed by atoms with E-state index in [0.29, 0.717) is 0 Å². The Kier molecular flexibility index (Phi) is 2.95. The van der Waals surface area contributed by atoms with Gasteiger partial charge in [-0.2, -0.15) is 0 Å². The van der Waals surface area contributed by atoms with E-state index in [1.807, 2.05) is 0 Å². The third-order valence-corrected chi connectivity index (χ3v) is 2.57. The fourth-order valence-corrected chi connectivity index (χ4v) is 1.79. The number of aliphatic hydroxyl groups excluding tert-OH is 2. The van der Waals surface area contributed by atoms with E-state index < -0.39 is 24.0 Å². The Morgan fingerprint density at radius 3 is 2.88 bits per heavy atom. The number of aromatic nitrogens is 1. The summed E-state index contributed by atoms with van der Waals surface area (Å²) in [5, 5.41) is 27.7. The number of nitrogens with zero attached hydrogens (tertiary/aromatic N) is 1. The van der Waals surface area contributed by atoms with E-state index in [1.165, 1.54) is 16.8 Å². The van der Waals surface area contributed by atoms with Crippen LogP contribution in [0.1, 0.15) is 12.6 Å². The smallest absolute Gasteiger partial charge is 0.256 e. The lowest BCUT2D eigenvalue weighted by molar-refractivity contribution is -0.0524. The van der Waals surface area contributed by atoms with Crippen LogP contribution in [0.2, 0.25) is 0 Å². The SMILES string of the molecule is O=c1cc(O)ccn1[C@@H]1O[C@H](CO)C[C@H]1O. The lowest BCUT2D eigenvalue weighted by Gasteiger charge is -2.17. The summed E-state index contributed by atoms with van der Waals surface area (Å²) >= 11 is 0. The van der Waals surface area contributed by atoms with Crippen molar-refractivity contribution in [3.05, 3.63) is 28.7 Å². The second-order valence-corrected chi connectivity index (χ2v) is 3.76. The monoisotopic (exact) mass is 227 g/mol. The standard InChI is InChI=1S/C10H13NO5/c12-5-7-4-8(14)10(16-7)11-2-1-6(13)3-9(11)15/h1-3,7-8,10,12-14H,4-5H2/t7-,8+,10+/m0/s1. The molecule has 6 nitrogen and oxygen atoms in total. The van der Waals surface area contributed by atoms with Crippen molar-refractivity contribution in [3.8, 4) is 5.75 Å². The normalized spacial score (nSPS) is 29.5. The van der Waals surface area contributed by atoms with Gasteiger partial charge in [-0.3, -0.25) is 9.36 Å². The third kappa shape index (κ3) is 1.95. The lowest BCUT2D eigenvalue weighted by atomic mass is 10.2. The summed E-state index contributed by atoms with van der Waals surface area (Å²) in [5.41, 5.74) is -0.456. The molecular weight excluding hydrogens is 214 g/mol. The summed E-state index contributed by atoms with van der Waals surface area (Å²) < 4.78 is 6.51. The first kappa shape index (κ1) is 11.1. The van der Waals surface area contributed by atoms with Gasteiger partial charge in [0, 0.05) is 18.7 Å². The van der Waals surface area contributed by atoms with Gasteiger partial charge in [0.2, 0.25) is 0 Å². The molecule has 1 aliphatic rings. The van der Waals surface area contributed by atoms with Crippen molar-refractivity contribution in [1.29, 1.82) is 0 Å². The van der Waals surface area contributed by atoms with Gasteiger partial charge in [-0.05, 0) is 6.07 Å². The van der Waals surface area contributed by atoms with Gasteiger partial charge in [-0.15, -0.1) is 0 Å². The summed E-state index contributed by atoms with van der Waals surface area (Å²) in [6.45, 7) is -0.194. The molecule has 1 aromatic heterocycles.